The Morgan fingerprint density at radius 2 is 1.67 bits per heavy atom. The van der Waals surface area contributed by atoms with Gasteiger partial charge in [-0.1, -0.05) is 6.07 Å². The fourth-order valence-electron chi connectivity index (χ4n) is 4.43. The molecule has 15 heteroatoms. The summed E-state index contributed by atoms with van der Waals surface area (Å²) in [4.78, 5) is 31.1. The largest absolute Gasteiger partial charge is 0.426 e. The van der Waals surface area contributed by atoms with Gasteiger partial charge >= 0.3 is 12.4 Å². The molecule has 0 saturated heterocycles. The highest BCUT2D eigenvalue weighted by molar-refractivity contribution is 9.10. The topological polar surface area (TPSA) is 62.3 Å². The van der Waals surface area contributed by atoms with Crippen LogP contribution in [0.1, 0.15) is 58.5 Å². The van der Waals surface area contributed by atoms with Gasteiger partial charge in [-0.2, -0.15) is 26.3 Å². The van der Waals surface area contributed by atoms with Crippen molar-refractivity contribution < 1.29 is 49.1 Å². The van der Waals surface area contributed by atoms with Crippen molar-refractivity contribution in [1.82, 2.24) is 4.98 Å². The number of halogens is 10. The molecular formula is C28H21BrF9N3O2. The number of hydrogen-bond acceptors (Lipinski definition) is 3. The Kier molecular flexibility index (Phi) is 8.61. The molecule has 1 saturated carbocycles. The molecule has 43 heavy (non-hydrogen) atoms. The second-order valence-corrected chi connectivity index (χ2v) is 11.0. The normalized spacial score (nSPS) is 15.9. The minimum atomic E-state index is -5.56. The van der Waals surface area contributed by atoms with Gasteiger partial charge in [-0.3, -0.25) is 14.6 Å². The number of amides is 2. The summed E-state index contributed by atoms with van der Waals surface area (Å²) in [5.41, 5.74) is -9.94. The first-order valence-electron chi connectivity index (χ1n) is 12.6. The Hall–Kier alpha value is -3.62. The van der Waals surface area contributed by atoms with E-state index in [-0.39, 0.29) is 24.5 Å². The Morgan fingerprint density at radius 1 is 1.02 bits per heavy atom. The number of carbonyl (C=O) groups is 2. The van der Waals surface area contributed by atoms with Gasteiger partial charge in [-0.15, -0.1) is 0 Å². The van der Waals surface area contributed by atoms with Crippen LogP contribution in [-0.4, -0.2) is 29.0 Å². The molecule has 5 nitrogen and oxygen atoms in total. The summed E-state index contributed by atoms with van der Waals surface area (Å²) in [6.45, 7) is 1.66. The second-order valence-electron chi connectivity index (χ2n) is 10.1. The summed E-state index contributed by atoms with van der Waals surface area (Å²) in [5, 5.41) is 1.85. The van der Waals surface area contributed by atoms with E-state index in [1.165, 1.54) is 0 Å². The van der Waals surface area contributed by atoms with Crippen LogP contribution >= 0.6 is 15.9 Å². The summed E-state index contributed by atoms with van der Waals surface area (Å²) in [6, 6.07) is 3.82. The van der Waals surface area contributed by atoms with Crippen LogP contribution < -0.4 is 10.2 Å². The first-order valence-corrected chi connectivity index (χ1v) is 13.3. The first-order chi connectivity index (χ1) is 19.8. The standard InChI is InChI=1S/C28H21BrF9N3O2/c1-13(14-6-7-14)41(25(43)15-8-17(30)12-39-11-15)21-5-3-4-18(22(21)31)24(42)40-23-19(27(33,34)35)9-16(10-20(23)29)26(2,32)28(36,37)38/h3-5,8-14H,6-7H2,1-2H3,(H,40,42). The maximum atomic E-state index is 15.9. The molecule has 1 heterocycles. The van der Waals surface area contributed by atoms with Crippen LogP contribution in [0.15, 0.2) is 53.3 Å². The van der Waals surface area contributed by atoms with Gasteiger partial charge < -0.3 is 10.2 Å². The van der Waals surface area contributed by atoms with Gasteiger partial charge in [0.1, 0.15) is 5.82 Å². The fraction of sp³-hybridized carbons (Fsp3) is 0.321. The molecule has 2 atom stereocenters. The Balaban J connectivity index is 1.76. The number of carbonyl (C=O) groups excluding carboxylic acids is 2. The Morgan fingerprint density at radius 3 is 2.23 bits per heavy atom. The molecule has 2 aromatic carbocycles. The highest BCUT2D eigenvalue weighted by atomic mass is 79.9. The lowest BCUT2D eigenvalue weighted by Gasteiger charge is -2.30. The zero-order chi connectivity index (χ0) is 32.1. The number of anilines is 2. The second kappa shape index (κ2) is 11.5. The fourth-order valence-corrected chi connectivity index (χ4v) is 4.98. The lowest BCUT2D eigenvalue weighted by atomic mass is 9.94. The van der Waals surface area contributed by atoms with Gasteiger partial charge in [0.05, 0.1) is 34.3 Å². The molecule has 1 aliphatic carbocycles. The average Bonchev–Trinajstić information content (AvgIpc) is 3.75. The van der Waals surface area contributed by atoms with Crippen LogP contribution in [0.4, 0.5) is 50.9 Å². The third kappa shape index (κ3) is 6.50. The molecule has 1 aromatic heterocycles. The Labute approximate surface area is 247 Å². The summed E-state index contributed by atoms with van der Waals surface area (Å²) < 4.78 is 125. The van der Waals surface area contributed by atoms with E-state index in [0.29, 0.717) is 18.9 Å². The molecule has 0 aliphatic heterocycles. The molecule has 2 amide bonds. The van der Waals surface area contributed by atoms with Crippen LogP contribution in [0, 0.1) is 17.6 Å². The van der Waals surface area contributed by atoms with Crippen LogP contribution in [0.2, 0.25) is 0 Å². The molecule has 0 radical (unpaired) electrons. The maximum Gasteiger partial charge on any atom is 0.426 e. The van der Waals surface area contributed by atoms with Crippen molar-refractivity contribution in [3.8, 4) is 0 Å². The van der Waals surface area contributed by atoms with E-state index in [0.717, 1.165) is 41.6 Å². The molecule has 3 aromatic rings. The minimum Gasteiger partial charge on any atom is -0.320 e. The number of hydrogen-bond donors (Lipinski definition) is 1. The monoisotopic (exact) mass is 681 g/mol. The molecule has 1 aliphatic rings. The third-order valence-corrected chi connectivity index (χ3v) is 7.70. The van der Waals surface area contributed by atoms with Crippen molar-refractivity contribution in [3.05, 3.63) is 87.2 Å². The van der Waals surface area contributed by atoms with Gasteiger partial charge in [0.15, 0.2) is 5.82 Å². The predicted octanol–water partition coefficient (Wildman–Crippen LogP) is 8.59. The minimum absolute atomic E-state index is 0.0453. The summed E-state index contributed by atoms with van der Waals surface area (Å²) >= 11 is 2.67. The number of alkyl halides is 7. The highest BCUT2D eigenvalue weighted by Gasteiger charge is 2.54. The maximum absolute atomic E-state index is 15.9. The average molecular weight is 682 g/mol. The van der Waals surface area contributed by atoms with Gasteiger partial charge in [0, 0.05) is 16.7 Å². The number of rotatable bonds is 7. The van der Waals surface area contributed by atoms with E-state index in [1.54, 1.807) is 6.92 Å². The van der Waals surface area contributed by atoms with Crippen LogP contribution in [-0.2, 0) is 11.8 Å². The van der Waals surface area contributed by atoms with Crippen molar-refractivity contribution >= 4 is 39.1 Å². The zero-order valence-corrected chi connectivity index (χ0v) is 23.8. The van der Waals surface area contributed by atoms with Gasteiger partial charge in [0.2, 0.25) is 5.67 Å². The van der Waals surface area contributed by atoms with Gasteiger partial charge in [-0.25, -0.2) is 13.2 Å². The summed E-state index contributed by atoms with van der Waals surface area (Å²) in [5.74, 6) is -4.49. The Bertz CT molecular complexity index is 1570. The quantitative estimate of drug-likeness (QED) is 0.254. The molecule has 4 rings (SSSR count). The SMILES string of the molecule is CC(C1CC1)N(C(=O)c1cncc(F)c1)c1cccc(C(=O)Nc2c(Br)cc(C(C)(F)C(F)(F)F)cc2C(F)(F)F)c1F. The number of aromatic nitrogens is 1. The van der Waals surface area contributed by atoms with Crippen molar-refractivity contribution in [1.29, 1.82) is 0 Å². The lowest BCUT2D eigenvalue weighted by Crippen LogP contribution is -2.41. The number of nitrogens with zero attached hydrogens (tertiary/aromatic N) is 2. The lowest BCUT2D eigenvalue weighted by molar-refractivity contribution is -0.228. The van der Waals surface area contributed by atoms with Crippen molar-refractivity contribution in [2.24, 2.45) is 5.92 Å². The molecular weight excluding hydrogens is 661 g/mol. The molecule has 1 fully saturated rings. The van der Waals surface area contributed by atoms with E-state index in [2.05, 4.69) is 20.9 Å². The summed E-state index contributed by atoms with van der Waals surface area (Å²) in [6.07, 6.45) is -7.62. The zero-order valence-electron chi connectivity index (χ0n) is 22.2. The molecule has 0 bridgehead atoms. The van der Waals surface area contributed by atoms with Crippen LogP contribution in [0.25, 0.3) is 0 Å². The van der Waals surface area contributed by atoms with E-state index in [1.807, 2.05) is 5.32 Å². The third-order valence-electron chi connectivity index (χ3n) is 7.07. The van der Waals surface area contributed by atoms with E-state index in [4.69, 9.17) is 0 Å². The number of nitrogens with one attached hydrogen (secondary N) is 1. The molecule has 2 unspecified atom stereocenters. The van der Waals surface area contributed by atoms with E-state index < -0.39 is 80.0 Å². The molecule has 1 N–H and O–H groups in total. The van der Waals surface area contributed by atoms with Crippen molar-refractivity contribution in [2.75, 3.05) is 10.2 Å². The van der Waals surface area contributed by atoms with Crippen molar-refractivity contribution in [3.63, 3.8) is 0 Å². The van der Waals surface area contributed by atoms with Crippen LogP contribution in [0.3, 0.4) is 0 Å². The van der Waals surface area contributed by atoms with Gasteiger partial charge in [0.25, 0.3) is 11.8 Å². The smallest absolute Gasteiger partial charge is 0.320 e. The highest BCUT2D eigenvalue weighted by Crippen LogP contribution is 2.47. The van der Waals surface area contributed by atoms with E-state index in [9.17, 15) is 44.7 Å². The number of benzene rings is 2. The van der Waals surface area contributed by atoms with Gasteiger partial charge in [-0.05, 0) is 84.4 Å². The first kappa shape index (κ1) is 32.3. The van der Waals surface area contributed by atoms with Crippen molar-refractivity contribution in [2.45, 2.75) is 50.8 Å². The number of pyridine rings is 1. The predicted molar refractivity (Wildman–Crippen MR) is 141 cm³/mol. The molecule has 0 spiro atoms. The van der Waals surface area contributed by atoms with E-state index >= 15 is 4.39 Å². The summed E-state index contributed by atoms with van der Waals surface area (Å²) in [7, 11) is 0. The van der Waals surface area contributed by atoms with Crippen LogP contribution in [0.5, 0.6) is 0 Å². The molecule has 230 valence electrons.